The minimum Gasteiger partial charge on any atom is -0.494 e. The predicted octanol–water partition coefficient (Wildman–Crippen LogP) is 4.16. The topological polar surface area (TPSA) is 47.3 Å². The van der Waals surface area contributed by atoms with Gasteiger partial charge >= 0.3 is 0 Å². The monoisotopic (exact) mass is 300 g/mol. The van der Waals surface area contributed by atoms with Gasteiger partial charge in [0.05, 0.1) is 12.3 Å². The molecule has 0 unspecified atom stereocenters. The largest absolute Gasteiger partial charge is 0.494 e. The molecule has 1 N–H and O–H groups in total. The highest BCUT2D eigenvalue weighted by atomic mass is 16.5. The van der Waals surface area contributed by atoms with E-state index in [1.165, 1.54) is 32.1 Å². The molecule has 0 atom stereocenters. The van der Waals surface area contributed by atoms with E-state index in [4.69, 9.17) is 9.15 Å². The third-order valence-corrected chi connectivity index (χ3v) is 4.12. The van der Waals surface area contributed by atoms with E-state index in [1.807, 2.05) is 31.2 Å². The fourth-order valence-corrected chi connectivity index (χ4v) is 2.96. The molecular weight excluding hydrogens is 276 g/mol. The van der Waals surface area contributed by atoms with Gasteiger partial charge in [0.2, 0.25) is 5.89 Å². The summed E-state index contributed by atoms with van der Waals surface area (Å²) in [5, 5.41) is 3.59. The van der Waals surface area contributed by atoms with Gasteiger partial charge in [0.15, 0.2) is 0 Å². The maximum absolute atomic E-state index is 5.62. The van der Waals surface area contributed by atoms with Crippen molar-refractivity contribution in [2.75, 3.05) is 6.61 Å². The Morgan fingerprint density at radius 1 is 1.27 bits per heavy atom. The van der Waals surface area contributed by atoms with Crippen LogP contribution in [0.2, 0.25) is 0 Å². The van der Waals surface area contributed by atoms with Crippen LogP contribution in [0.4, 0.5) is 0 Å². The molecule has 0 amide bonds. The van der Waals surface area contributed by atoms with Crippen LogP contribution in [-0.2, 0) is 6.54 Å². The van der Waals surface area contributed by atoms with Crippen molar-refractivity contribution >= 4 is 0 Å². The van der Waals surface area contributed by atoms with Crippen LogP contribution in [0, 0.1) is 0 Å². The van der Waals surface area contributed by atoms with Crippen LogP contribution < -0.4 is 10.1 Å². The van der Waals surface area contributed by atoms with Crippen molar-refractivity contribution in [1.82, 2.24) is 10.3 Å². The number of rotatable bonds is 6. The molecule has 4 nitrogen and oxygen atoms in total. The summed E-state index contributed by atoms with van der Waals surface area (Å²) in [6, 6.07) is 8.50. The molecule has 1 aromatic carbocycles. The van der Waals surface area contributed by atoms with Crippen LogP contribution in [0.5, 0.6) is 5.75 Å². The highest BCUT2D eigenvalue weighted by Gasteiger charge is 2.14. The summed E-state index contributed by atoms with van der Waals surface area (Å²) in [6.45, 7) is 3.41. The smallest absolute Gasteiger partial charge is 0.226 e. The molecule has 1 aliphatic carbocycles. The summed E-state index contributed by atoms with van der Waals surface area (Å²) in [4.78, 5) is 4.58. The Kier molecular flexibility index (Phi) is 5.11. The van der Waals surface area contributed by atoms with Crippen LogP contribution in [0.1, 0.15) is 44.7 Å². The Hall–Kier alpha value is -1.81. The Morgan fingerprint density at radius 2 is 2.14 bits per heavy atom. The van der Waals surface area contributed by atoms with Crippen LogP contribution in [-0.4, -0.2) is 17.6 Å². The summed E-state index contributed by atoms with van der Waals surface area (Å²) in [6.07, 6.45) is 8.36. The number of hydrogen-bond donors (Lipinski definition) is 1. The number of ether oxygens (including phenoxy) is 1. The lowest BCUT2D eigenvalue weighted by Gasteiger charge is -2.22. The first-order chi connectivity index (χ1) is 10.8. The van der Waals surface area contributed by atoms with E-state index in [2.05, 4.69) is 10.3 Å². The number of hydrogen-bond acceptors (Lipinski definition) is 4. The first-order valence-corrected chi connectivity index (χ1v) is 8.26. The third-order valence-electron chi connectivity index (χ3n) is 4.12. The van der Waals surface area contributed by atoms with Gasteiger partial charge in [-0.2, -0.15) is 0 Å². The van der Waals surface area contributed by atoms with Gasteiger partial charge in [-0.25, -0.2) is 4.98 Å². The van der Waals surface area contributed by atoms with Gasteiger partial charge in [-0.1, -0.05) is 25.3 Å². The zero-order chi connectivity index (χ0) is 15.2. The fraction of sp³-hybridized carbons (Fsp3) is 0.500. The second-order valence-electron chi connectivity index (χ2n) is 5.82. The normalized spacial score (nSPS) is 15.9. The van der Waals surface area contributed by atoms with Crippen molar-refractivity contribution in [3.8, 4) is 17.2 Å². The van der Waals surface area contributed by atoms with Crippen molar-refractivity contribution in [1.29, 1.82) is 0 Å². The minimum atomic E-state index is 0.634. The molecule has 0 spiro atoms. The van der Waals surface area contributed by atoms with Crippen molar-refractivity contribution in [3.05, 3.63) is 36.2 Å². The summed E-state index contributed by atoms with van der Waals surface area (Å²) in [5.74, 6) is 1.50. The van der Waals surface area contributed by atoms with Crippen molar-refractivity contribution in [2.45, 2.75) is 51.6 Å². The average Bonchev–Trinajstić information content (AvgIpc) is 3.04. The van der Waals surface area contributed by atoms with E-state index in [9.17, 15) is 0 Å². The lowest BCUT2D eigenvalue weighted by Crippen LogP contribution is -2.30. The second-order valence-corrected chi connectivity index (χ2v) is 5.82. The summed E-state index contributed by atoms with van der Waals surface area (Å²) in [7, 11) is 0. The van der Waals surface area contributed by atoms with E-state index in [1.54, 1.807) is 6.26 Å². The van der Waals surface area contributed by atoms with Gasteiger partial charge in [-0.05, 0) is 38.0 Å². The number of benzene rings is 1. The van der Waals surface area contributed by atoms with Crippen molar-refractivity contribution < 1.29 is 9.15 Å². The minimum absolute atomic E-state index is 0.634. The predicted molar refractivity (Wildman–Crippen MR) is 86.8 cm³/mol. The highest BCUT2D eigenvalue weighted by molar-refractivity contribution is 5.56. The van der Waals surface area contributed by atoms with Crippen LogP contribution in [0.25, 0.3) is 11.5 Å². The molecule has 4 heteroatoms. The molecule has 2 aromatic rings. The van der Waals surface area contributed by atoms with Crippen LogP contribution in [0.15, 0.2) is 34.9 Å². The highest BCUT2D eigenvalue weighted by Crippen LogP contribution is 2.24. The number of aromatic nitrogens is 1. The molecule has 1 saturated carbocycles. The summed E-state index contributed by atoms with van der Waals surface area (Å²) in [5.41, 5.74) is 1.91. The maximum atomic E-state index is 5.62. The van der Waals surface area contributed by atoms with Crippen molar-refractivity contribution in [3.63, 3.8) is 0 Å². The molecule has 1 fully saturated rings. The van der Waals surface area contributed by atoms with E-state index in [0.717, 1.165) is 23.6 Å². The average molecular weight is 300 g/mol. The molecule has 0 aliphatic heterocycles. The molecule has 1 aromatic heterocycles. The quantitative estimate of drug-likeness (QED) is 0.870. The summed E-state index contributed by atoms with van der Waals surface area (Å²) >= 11 is 0. The molecule has 1 aliphatic rings. The number of nitrogens with zero attached hydrogens (tertiary/aromatic N) is 1. The fourth-order valence-electron chi connectivity index (χ4n) is 2.96. The van der Waals surface area contributed by atoms with E-state index >= 15 is 0 Å². The van der Waals surface area contributed by atoms with Gasteiger partial charge in [-0.15, -0.1) is 0 Å². The Bertz CT molecular complexity index is 588. The molecular formula is C18H24N2O2. The molecule has 0 saturated heterocycles. The van der Waals surface area contributed by atoms with Crippen LogP contribution >= 0.6 is 0 Å². The Balaban J connectivity index is 1.61. The van der Waals surface area contributed by atoms with Gasteiger partial charge in [0, 0.05) is 18.2 Å². The molecule has 0 bridgehead atoms. The number of oxazole rings is 1. The molecule has 118 valence electrons. The maximum Gasteiger partial charge on any atom is 0.226 e. The Morgan fingerprint density at radius 3 is 2.95 bits per heavy atom. The zero-order valence-electron chi connectivity index (χ0n) is 13.2. The van der Waals surface area contributed by atoms with E-state index in [0.29, 0.717) is 18.5 Å². The van der Waals surface area contributed by atoms with Gasteiger partial charge in [-0.3, -0.25) is 0 Å². The number of nitrogens with one attached hydrogen (secondary N) is 1. The van der Waals surface area contributed by atoms with Crippen molar-refractivity contribution in [2.24, 2.45) is 0 Å². The second kappa shape index (κ2) is 7.45. The third kappa shape index (κ3) is 3.89. The van der Waals surface area contributed by atoms with Gasteiger partial charge in [0.1, 0.15) is 12.0 Å². The van der Waals surface area contributed by atoms with Gasteiger partial charge in [0.25, 0.3) is 0 Å². The zero-order valence-corrected chi connectivity index (χ0v) is 13.2. The van der Waals surface area contributed by atoms with E-state index < -0.39 is 0 Å². The van der Waals surface area contributed by atoms with Crippen LogP contribution in [0.3, 0.4) is 0 Å². The molecule has 1 heterocycles. The first kappa shape index (κ1) is 15.1. The SMILES string of the molecule is CCOc1cccc(-c2nc(CNC3CCCCC3)co2)c1. The molecule has 22 heavy (non-hydrogen) atoms. The standard InChI is InChI=1S/C18H24N2O2/c1-2-21-17-10-6-7-14(11-17)18-20-16(13-22-18)12-19-15-8-4-3-5-9-15/h6-7,10-11,13,15,19H,2-5,8-9,12H2,1H3. The lowest BCUT2D eigenvalue weighted by atomic mass is 9.95. The lowest BCUT2D eigenvalue weighted by molar-refractivity contribution is 0.340. The van der Waals surface area contributed by atoms with Gasteiger partial charge < -0.3 is 14.5 Å². The first-order valence-electron chi connectivity index (χ1n) is 8.26. The van der Waals surface area contributed by atoms with E-state index in [-0.39, 0.29) is 0 Å². The Labute approximate surface area is 131 Å². The molecule has 0 radical (unpaired) electrons. The summed E-state index contributed by atoms with van der Waals surface area (Å²) < 4.78 is 11.1. The molecule has 3 rings (SSSR count).